The number of ether oxygens (including phenoxy) is 2. The molecule has 5 nitrogen and oxygen atoms in total. The summed E-state index contributed by atoms with van der Waals surface area (Å²) in [5, 5.41) is 5.81. The molecule has 0 unspecified atom stereocenters. The van der Waals surface area contributed by atoms with Crippen molar-refractivity contribution in [2.24, 2.45) is 5.92 Å². The summed E-state index contributed by atoms with van der Waals surface area (Å²) in [5.41, 5.74) is 0.569. The number of methoxy groups -OCH3 is 1. The summed E-state index contributed by atoms with van der Waals surface area (Å²) in [6.45, 7) is 6.27. The maximum atomic E-state index is 12.0. The van der Waals surface area contributed by atoms with Crippen LogP contribution in [0.4, 0.5) is 0 Å². The van der Waals surface area contributed by atoms with Gasteiger partial charge in [-0.2, -0.15) is 0 Å². The van der Waals surface area contributed by atoms with E-state index in [4.69, 9.17) is 9.47 Å². The topological polar surface area (TPSA) is 59.6 Å². The molecule has 22 heavy (non-hydrogen) atoms. The molecule has 2 N–H and O–H groups in total. The molecule has 0 aliphatic rings. The third kappa shape index (κ3) is 7.00. The van der Waals surface area contributed by atoms with Crippen LogP contribution in [0.1, 0.15) is 30.6 Å². The molecular weight excluding hydrogens is 304 g/mol. The fourth-order valence-corrected chi connectivity index (χ4v) is 1.74. The average Bonchev–Trinajstić information content (AvgIpc) is 2.47. The molecule has 0 aliphatic heterocycles. The highest BCUT2D eigenvalue weighted by Crippen LogP contribution is 2.28. The third-order valence-electron chi connectivity index (χ3n) is 3.04. The van der Waals surface area contributed by atoms with Gasteiger partial charge in [-0.3, -0.25) is 4.79 Å². The van der Waals surface area contributed by atoms with E-state index in [0.29, 0.717) is 36.1 Å². The first-order valence-corrected chi connectivity index (χ1v) is 7.32. The van der Waals surface area contributed by atoms with Crippen LogP contribution in [0.5, 0.6) is 11.5 Å². The molecule has 0 radical (unpaired) electrons. The standard InChI is InChI=1S/C16H26N2O3.ClH/c1-12(2)7-10-21-14-6-5-13(11-15(14)20-4)16(19)18-9-8-17-3;/h5-6,11-12,17H,7-10H2,1-4H3,(H,18,19);1H. The average molecular weight is 331 g/mol. The number of carbonyl (C=O) groups excluding carboxylic acids is 1. The highest BCUT2D eigenvalue weighted by Gasteiger charge is 2.11. The van der Waals surface area contributed by atoms with Gasteiger partial charge in [0.25, 0.3) is 5.91 Å². The zero-order valence-corrected chi connectivity index (χ0v) is 14.6. The highest BCUT2D eigenvalue weighted by molar-refractivity contribution is 5.94. The molecule has 0 saturated heterocycles. The van der Waals surface area contributed by atoms with Crippen LogP contribution in [0.25, 0.3) is 0 Å². The van der Waals surface area contributed by atoms with Crippen molar-refractivity contribution < 1.29 is 14.3 Å². The van der Waals surface area contributed by atoms with Gasteiger partial charge in [0.15, 0.2) is 11.5 Å². The number of benzene rings is 1. The largest absolute Gasteiger partial charge is 0.493 e. The maximum absolute atomic E-state index is 12.0. The lowest BCUT2D eigenvalue weighted by Crippen LogP contribution is -2.30. The van der Waals surface area contributed by atoms with Crippen LogP contribution in [-0.4, -0.2) is 39.8 Å². The van der Waals surface area contributed by atoms with Gasteiger partial charge in [0.05, 0.1) is 13.7 Å². The molecule has 1 aromatic carbocycles. The Morgan fingerprint density at radius 1 is 1.23 bits per heavy atom. The van der Waals surface area contributed by atoms with Crippen molar-refractivity contribution in [2.45, 2.75) is 20.3 Å². The molecule has 6 heteroatoms. The van der Waals surface area contributed by atoms with E-state index in [-0.39, 0.29) is 18.3 Å². The van der Waals surface area contributed by atoms with Crippen molar-refractivity contribution in [1.29, 1.82) is 0 Å². The first-order valence-electron chi connectivity index (χ1n) is 7.32. The molecule has 1 amide bonds. The zero-order valence-electron chi connectivity index (χ0n) is 13.8. The molecule has 1 aromatic rings. The van der Waals surface area contributed by atoms with Gasteiger partial charge < -0.3 is 20.1 Å². The summed E-state index contributed by atoms with van der Waals surface area (Å²) < 4.78 is 11.0. The predicted molar refractivity (Wildman–Crippen MR) is 91.5 cm³/mol. The van der Waals surface area contributed by atoms with E-state index < -0.39 is 0 Å². The molecule has 126 valence electrons. The van der Waals surface area contributed by atoms with E-state index in [2.05, 4.69) is 24.5 Å². The Kier molecular flexibility index (Phi) is 10.4. The second-order valence-corrected chi connectivity index (χ2v) is 5.26. The smallest absolute Gasteiger partial charge is 0.251 e. The molecular formula is C16H27ClN2O3. The number of carbonyl (C=O) groups is 1. The van der Waals surface area contributed by atoms with Gasteiger partial charge in [-0.25, -0.2) is 0 Å². The quantitative estimate of drug-likeness (QED) is 0.683. The van der Waals surface area contributed by atoms with E-state index in [1.165, 1.54) is 0 Å². The lowest BCUT2D eigenvalue weighted by Gasteiger charge is -2.13. The summed E-state index contributed by atoms with van der Waals surface area (Å²) in [5.74, 6) is 1.73. The Labute approximate surface area is 139 Å². The Morgan fingerprint density at radius 2 is 1.95 bits per heavy atom. The summed E-state index contributed by atoms with van der Waals surface area (Å²) in [7, 11) is 3.42. The van der Waals surface area contributed by atoms with Gasteiger partial charge in [0.2, 0.25) is 0 Å². The van der Waals surface area contributed by atoms with Crippen LogP contribution < -0.4 is 20.1 Å². The van der Waals surface area contributed by atoms with Crippen molar-refractivity contribution >= 4 is 18.3 Å². The maximum Gasteiger partial charge on any atom is 0.251 e. The summed E-state index contributed by atoms with van der Waals surface area (Å²) in [6, 6.07) is 5.24. The van der Waals surface area contributed by atoms with Crippen molar-refractivity contribution in [1.82, 2.24) is 10.6 Å². The number of amides is 1. The summed E-state index contributed by atoms with van der Waals surface area (Å²) >= 11 is 0. The Balaban J connectivity index is 0.00000441. The second-order valence-electron chi connectivity index (χ2n) is 5.26. The highest BCUT2D eigenvalue weighted by atomic mass is 35.5. The molecule has 0 atom stereocenters. The van der Waals surface area contributed by atoms with Crippen molar-refractivity contribution in [3.63, 3.8) is 0 Å². The fourth-order valence-electron chi connectivity index (χ4n) is 1.74. The molecule has 0 bridgehead atoms. The lowest BCUT2D eigenvalue weighted by atomic mass is 10.1. The molecule has 0 aliphatic carbocycles. The number of hydrogen-bond acceptors (Lipinski definition) is 4. The van der Waals surface area contributed by atoms with Crippen LogP contribution in [0.3, 0.4) is 0 Å². The SMILES string of the molecule is CNCCNC(=O)c1ccc(OCCC(C)C)c(OC)c1.Cl. The van der Waals surface area contributed by atoms with Gasteiger partial charge in [-0.05, 0) is 37.6 Å². The van der Waals surface area contributed by atoms with Crippen LogP contribution >= 0.6 is 12.4 Å². The summed E-state index contributed by atoms with van der Waals surface area (Å²) in [6.07, 6.45) is 0.982. The number of nitrogens with one attached hydrogen (secondary N) is 2. The van der Waals surface area contributed by atoms with E-state index in [0.717, 1.165) is 13.0 Å². The molecule has 0 fully saturated rings. The zero-order chi connectivity index (χ0) is 15.7. The van der Waals surface area contributed by atoms with E-state index in [9.17, 15) is 4.79 Å². The summed E-state index contributed by atoms with van der Waals surface area (Å²) in [4.78, 5) is 12.0. The molecule has 1 rings (SSSR count). The molecule has 0 saturated carbocycles. The second kappa shape index (κ2) is 11.2. The molecule has 0 aromatic heterocycles. The number of likely N-dealkylation sites (N-methyl/N-ethyl adjacent to an activating group) is 1. The van der Waals surface area contributed by atoms with Gasteiger partial charge in [0, 0.05) is 18.7 Å². The minimum absolute atomic E-state index is 0. The fraction of sp³-hybridized carbons (Fsp3) is 0.562. The minimum atomic E-state index is -0.114. The lowest BCUT2D eigenvalue weighted by molar-refractivity contribution is 0.0953. The predicted octanol–water partition coefficient (Wildman–Crippen LogP) is 2.49. The van der Waals surface area contributed by atoms with E-state index in [1.807, 2.05) is 7.05 Å². The van der Waals surface area contributed by atoms with Crippen LogP contribution in [0.15, 0.2) is 18.2 Å². The van der Waals surface area contributed by atoms with Crippen molar-refractivity contribution in [3.05, 3.63) is 23.8 Å². The van der Waals surface area contributed by atoms with Crippen molar-refractivity contribution in [2.75, 3.05) is 33.9 Å². The number of hydrogen-bond donors (Lipinski definition) is 2. The Bertz CT molecular complexity index is 453. The molecule has 0 spiro atoms. The monoisotopic (exact) mass is 330 g/mol. The van der Waals surface area contributed by atoms with Gasteiger partial charge in [-0.15, -0.1) is 12.4 Å². The first kappa shape index (κ1) is 20.5. The Morgan fingerprint density at radius 3 is 2.55 bits per heavy atom. The van der Waals surface area contributed by atoms with Crippen molar-refractivity contribution in [3.8, 4) is 11.5 Å². The van der Waals surface area contributed by atoms with Crippen LogP contribution in [0, 0.1) is 5.92 Å². The van der Waals surface area contributed by atoms with Gasteiger partial charge >= 0.3 is 0 Å². The number of halogens is 1. The normalized spacial score (nSPS) is 10.0. The first-order chi connectivity index (χ1) is 10.1. The third-order valence-corrected chi connectivity index (χ3v) is 3.04. The molecule has 0 heterocycles. The number of rotatable bonds is 9. The van der Waals surface area contributed by atoms with Gasteiger partial charge in [-0.1, -0.05) is 13.8 Å². The van der Waals surface area contributed by atoms with E-state index >= 15 is 0 Å². The van der Waals surface area contributed by atoms with Crippen LogP contribution in [0.2, 0.25) is 0 Å². The Hall–Kier alpha value is -1.46. The minimum Gasteiger partial charge on any atom is -0.493 e. The van der Waals surface area contributed by atoms with Crippen LogP contribution in [-0.2, 0) is 0 Å². The van der Waals surface area contributed by atoms with Gasteiger partial charge in [0.1, 0.15) is 0 Å². The van der Waals surface area contributed by atoms with E-state index in [1.54, 1.807) is 25.3 Å².